The van der Waals surface area contributed by atoms with Gasteiger partial charge in [0.15, 0.2) is 11.5 Å². The van der Waals surface area contributed by atoms with Crippen molar-refractivity contribution in [1.29, 1.82) is 0 Å². The first-order chi connectivity index (χ1) is 11.1. The van der Waals surface area contributed by atoms with E-state index in [2.05, 4.69) is 5.32 Å². The van der Waals surface area contributed by atoms with Crippen LogP contribution in [0.2, 0.25) is 5.02 Å². The number of halogens is 1. The summed E-state index contributed by atoms with van der Waals surface area (Å²) in [6, 6.07) is 13.1. The van der Waals surface area contributed by atoms with Gasteiger partial charge in [-0.3, -0.25) is 4.79 Å². The minimum atomic E-state index is -0.447. The van der Waals surface area contributed by atoms with Gasteiger partial charge in [-0.15, -0.1) is 0 Å². The second kappa shape index (κ2) is 6.13. The number of benzene rings is 2. The predicted octanol–water partition coefficient (Wildman–Crippen LogP) is 4.03. The van der Waals surface area contributed by atoms with Crippen LogP contribution in [0.25, 0.3) is 0 Å². The molecular formula is C18H18ClNO3. The molecule has 5 heteroatoms. The van der Waals surface area contributed by atoms with Crippen molar-refractivity contribution in [3.63, 3.8) is 0 Å². The summed E-state index contributed by atoms with van der Waals surface area (Å²) in [6.45, 7) is 0. The standard InChI is InChI=1S/C18H18ClNO3/c1-22-15-10-13(19)14(11-16(15)23-2)20-17(21)18(8-9-18)12-6-4-3-5-7-12/h3-7,10-11H,8-9H2,1-2H3,(H,20,21). The zero-order chi connectivity index (χ0) is 16.4. The number of hydrogen-bond donors (Lipinski definition) is 1. The second-order valence-corrected chi connectivity index (χ2v) is 6.00. The van der Waals surface area contributed by atoms with E-state index in [1.807, 2.05) is 30.3 Å². The summed E-state index contributed by atoms with van der Waals surface area (Å²) in [7, 11) is 3.09. The van der Waals surface area contributed by atoms with Crippen molar-refractivity contribution in [1.82, 2.24) is 0 Å². The Bertz CT molecular complexity index is 727. The molecule has 0 radical (unpaired) electrons. The van der Waals surface area contributed by atoms with E-state index in [4.69, 9.17) is 21.1 Å². The van der Waals surface area contributed by atoms with Gasteiger partial charge < -0.3 is 14.8 Å². The molecule has 0 aromatic heterocycles. The van der Waals surface area contributed by atoms with Crippen molar-refractivity contribution in [2.24, 2.45) is 0 Å². The zero-order valence-electron chi connectivity index (χ0n) is 13.1. The highest BCUT2D eigenvalue weighted by Gasteiger charge is 2.51. The van der Waals surface area contributed by atoms with Crippen molar-refractivity contribution in [2.45, 2.75) is 18.3 Å². The van der Waals surface area contributed by atoms with Crippen LogP contribution in [0.15, 0.2) is 42.5 Å². The van der Waals surface area contributed by atoms with E-state index in [0.717, 1.165) is 18.4 Å². The quantitative estimate of drug-likeness (QED) is 0.900. The SMILES string of the molecule is COc1cc(Cl)c(NC(=O)C2(c3ccccc3)CC2)cc1OC. The van der Waals surface area contributed by atoms with E-state index in [1.54, 1.807) is 26.4 Å². The number of rotatable bonds is 5. The van der Waals surface area contributed by atoms with Gasteiger partial charge in [0.05, 0.1) is 30.3 Å². The first kappa shape index (κ1) is 15.7. The van der Waals surface area contributed by atoms with Crippen molar-refractivity contribution in [3.05, 3.63) is 53.1 Å². The fourth-order valence-corrected chi connectivity index (χ4v) is 2.92. The third-order valence-electron chi connectivity index (χ3n) is 4.23. The number of carbonyl (C=O) groups excluding carboxylic acids is 1. The van der Waals surface area contributed by atoms with E-state index in [-0.39, 0.29) is 5.91 Å². The number of methoxy groups -OCH3 is 2. The van der Waals surface area contributed by atoms with E-state index in [9.17, 15) is 4.79 Å². The summed E-state index contributed by atoms with van der Waals surface area (Å²) in [5, 5.41) is 3.35. The van der Waals surface area contributed by atoms with Crippen molar-refractivity contribution < 1.29 is 14.3 Å². The molecular weight excluding hydrogens is 314 g/mol. The molecule has 1 N–H and O–H groups in total. The molecule has 0 saturated heterocycles. The van der Waals surface area contributed by atoms with Crippen molar-refractivity contribution in [2.75, 3.05) is 19.5 Å². The van der Waals surface area contributed by atoms with Crippen LogP contribution in [0.3, 0.4) is 0 Å². The summed E-state index contributed by atoms with van der Waals surface area (Å²) in [4.78, 5) is 12.8. The maximum Gasteiger partial charge on any atom is 0.235 e. The molecule has 0 unspecified atom stereocenters. The van der Waals surface area contributed by atoms with Gasteiger partial charge in [-0.1, -0.05) is 41.9 Å². The molecule has 0 aliphatic heterocycles. The molecule has 3 rings (SSSR count). The average Bonchev–Trinajstić information content (AvgIpc) is 3.39. The Labute approximate surface area is 140 Å². The number of ether oxygens (including phenoxy) is 2. The molecule has 1 saturated carbocycles. The van der Waals surface area contributed by atoms with Gasteiger partial charge in [0.2, 0.25) is 5.91 Å². The minimum absolute atomic E-state index is 0.0437. The van der Waals surface area contributed by atoms with Crippen LogP contribution in [0.1, 0.15) is 18.4 Å². The Morgan fingerprint density at radius 3 is 2.26 bits per heavy atom. The molecule has 2 aromatic rings. The van der Waals surface area contributed by atoms with Gasteiger partial charge in [-0.05, 0) is 18.4 Å². The molecule has 4 nitrogen and oxygen atoms in total. The third kappa shape index (κ3) is 2.86. The first-order valence-corrected chi connectivity index (χ1v) is 7.77. The highest BCUT2D eigenvalue weighted by atomic mass is 35.5. The number of amides is 1. The van der Waals surface area contributed by atoms with Crippen molar-refractivity contribution >= 4 is 23.2 Å². The second-order valence-electron chi connectivity index (χ2n) is 5.59. The van der Waals surface area contributed by atoms with Crippen LogP contribution in [0, 0.1) is 0 Å². The summed E-state index contributed by atoms with van der Waals surface area (Å²) in [5.74, 6) is 1.01. The van der Waals surface area contributed by atoms with E-state index in [1.165, 1.54) is 0 Å². The van der Waals surface area contributed by atoms with Gasteiger partial charge >= 0.3 is 0 Å². The molecule has 2 aromatic carbocycles. The first-order valence-electron chi connectivity index (χ1n) is 7.39. The van der Waals surface area contributed by atoms with E-state index >= 15 is 0 Å². The topological polar surface area (TPSA) is 47.6 Å². The lowest BCUT2D eigenvalue weighted by Gasteiger charge is -2.17. The Hall–Kier alpha value is -2.20. The minimum Gasteiger partial charge on any atom is -0.493 e. The lowest BCUT2D eigenvalue weighted by atomic mass is 9.95. The molecule has 1 aliphatic carbocycles. The summed E-state index contributed by atoms with van der Waals surface area (Å²) in [5.41, 5.74) is 1.11. The van der Waals surface area contributed by atoms with Crippen LogP contribution in [-0.2, 0) is 10.2 Å². The fraction of sp³-hybridized carbons (Fsp3) is 0.278. The maximum absolute atomic E-state index is 12.8. The highest BCUT2D eigenvalue weighted by molar-refractivity contribution is 6.34. The van der Waals surface area contributed by atoms with Crippen molar-refractivity contribution in [3.8, 4) is 11.5 Å². The molecule has 1 amide bonds. The van der Waals surface area contributed by atoms with Gasteiger partial charge in [-0.2, -0.15) is 0 Å². The van der Waals surface area contributed by atoms with Gasteiger partial charge in [0.25, 0.3) is 0 Å². The largest absolute Gasteiger partial charge is 0.493 e. The lowest BCUT2D eigenvalue weighted by Crippen LogP contribution is -2.27. The van der Waals surface area contributed by atoms with Crippen LogP contribution in [0.4, 0.5) is 5.69 Å². The monoisotopic (exact) mass is 331 g/mol. The maximum atomic E-state index is 12.8. The van der Waals surface area contributed by atoms with E-state index < -0.39 is 5.41 Å². The van der Waals surface area contributed by atoms with Crippen LogP contribution < -0.4 is 14.8 Å². The normalized spacial score (nSPS) is 14.9. The van der Waals surface area contributed by atoms with Gasteiger partial charge in [0, 0.05) is 12.1 Å². The summed E-state index contributed by atoms with van der Waals surface area (Å²) in [6.07, 6.45) is 1.68. The zero-order valence-corrected chi connectivity index (χ0v) is 13.8. The number of nitrogens with one attached hydrogen (secondary N) is 1. The number of carbonyl (C=O) groups is 1. The molecule has 0 spiro atoms. The molecule has 1 aliphatic rings. The van der Waals surface area contributed by atoms with Gasteiger partial charge in [0.1, 0.15) is 0 Å². The molecule has 0 atom stereocenters. The van der Waals surface area contributed by atoms with Crippen LogP contribution in [0.5, 0.6) is 11.5 Å². The highest BCUT2D eigenvalue weighted by Crippen LogP contribution is 2.49. The molecule has 0 heterocycles. The summed E-state index contributed by atoms with van der Waals surface area (Å²) >= 11 is 6.25. The predicted molar refractivity (Wildman–Crippen MR) is 90.5 cm³/mol. The molecule has 120 valence electrons. The Balaban J connectivity index is 1.86. The molecule has 0 bridgehead atoms. The fourth-order valence-electron chi connectivity index (χ4n) is 2.72. The number of hydrogen-bond acceptors (Lipinski definition) is 3. The lowest BCUT2D eigenvalue weighted by molar-refractivity contribution is -0.118. The third-order valence-corrected chi connectivity index (χ3v) is 4.55. The van der Waals surface area contributed by atoms with E-state index in [0.29, 0.717) is 22.2 Å². The van der Waals surface area contributed by atoms with Gasteiger partial charge in [-0.25, -0.2) is 0 Å². The Kier molecular flexibility index (Phi) is 4.18. The number of anilines is 1. The molecule has 1 fully saturated rings. The summed E-state index contributed by atoms with van der Waals surface area (Å²) < 4.78 is 10.5. The Morgan fingerprint density at radius 1 is 1.09 bits per heavy atom. The smallest absolute Gasteiger partial charge is 0.235 e. The molecule has 23 heavy (non-hydrogen) atoms. The van der Waals surface area contributed by atoms with Crippen LogP contribution in [-0.4, -0.2) is 20.1 Å². The average molecular weight is 332 g/mol. The van der Waals surface area contributed by atoms with Crippen LogP contribution >= 0.6 is 11.6 Å². The Morgan fingerprint density at radius 2 is 1.70 bits per heavy atom.